The number of nitrogens with one attached hydrogen (secondary N) is 1. The summed E-state index contributed by atoms with van der Waals surface area (Å²) in [5, 5.41) is 4.50. The minimum Gasteiger partial charge on any atom is -0.494 e. The molecule has 8 heteroatoms. The number of benzene rings is 2. The third-order valence-electron chi connectivity index (χ3n) is 2.81. The van der Waals surface area contributed by atoms with Gasteiger partial charge in [0.1, 0.15) is 11.5 Å². The fourth-order valence-electron chi connectivity index (χ4n) is 1.74. The number of carbonyl (C=O) groups is 1. The van der Waals surface area contributed by atoms with Gasteiger partial charge in [-0.1, -0.05) is 11.6 Å². The summed E-state index contributed by atoms with van der Waals surface area (Å²) in [7, 11) is 1.58. The van der Waals surface area contributed by atoms with Crippen molar-refractivity contribution < 1.29 is 14.3 Å². The van der Waals surface area contributed by atoms with E-state index in [4.69, 9.17) is 21.1 Å². The van der Waals surface area contributed by atoms with E-state index >= 15 is 0 Å². The van der Waals surface area contributed by atoms with Gasteiger partial charge in [0, 0.05) is 5.02 Å². The van der Waals surface area contributed by atoms with Crippen molar-refractivity contribution >= 4 is 55.6 Å². The average Bonchev–Trinajstić information content (AvgIpc) is 2.54. The highest BCUT2D eigenvalue weighted by Crippen LogP contribution is 2.33. The first-order valence-electron chi connectivity index (χ1n) is 6.73. The smallest absolute Gasteiger partial charge is 0.277 e. The van der Waals surface area contributed by atoms with Crippen LogP contribution in [0.5, 0.6) is 11.5 Å². The van der Waals surface area contributed by atoms with Crippen molar-refractivity contribution in [3.05, 3.63) is 55.9 Å². The molecule has 126 valence electrons. The van der Waals surface area contributed by atoms with Gasteiger partial charge >= 0.3 is 0 Å². The van der Waals surface area contributed by atoms with Crippen molar-refractivity contribution in [3.63, 3.8) is 0 Å². The Kier molecular flexibility index (Phi) is 7.08. The normalized spacial score (nSPS) is 10.7. The molecule has 0 saturated carbocycles. The topological polar surface area (TPSA) is 59.9 Å². The summed E-state index contributed by atoms with van der Waals surface area (Å²) >= 11 is 12.6. The van der Waals surface area contributed by atoms with Crippen LogP contribution in [0, 0.1) is 0 Å². The zero-order chi connectivity index (χ0) is 17.5. The molecule has 24 heavy (non-hydrogen) atoms. The summed E-state index contributed by atoms with van der Waals surface area (Å²) in [6, 6.07) is 10.4. The van der Waals surface area contributed by atoms with Crippen molar-refractivity contribution in [2.45, 2.75) is 0 Å². The standard InChI is InChI=1S/C16H13Br2ClN2O3/c1-23-16-13(17)6-10(7-14(16)18)8-20-21-15(22)9-24-12-4-2-11(19)3-5-12/h2-8H,9H2,1H3,(H,21,22). The van der Waals surface area contributed by atoms with E-state index in [0.717, 1.165) is 14.5 Å². The van der Waals surface area contributed by atoms with E-state index in [-0.39, 0.29) is 12.5 Å². The lowest BCUT2D eigenvalue weighted by Gasteiger charge is -2.07. The maximum Gasteiger partial charge on any atom is 0.277 e. The van der Waals surface area contributed by atoms with Gasteiger partial charge in [-0.3, -0.25) is 4.79 Å². The molecule has 2 aromatic carbocycles. The Morgan fingerprint density at radius 2 is 1.88 bits per heavy atom. The number of amides is 1. The van der Waals surface area contributed by atoms with Gasteiger partial charge in [0.2, 0.25) is 0 Å². The molecule has 1 amide bonds. The summed E-state index contributed by atoms with van der Waals surface area (Å²) in [6.45, 7) is -0.144. The molecule has 2 aromatic rings. The number of nitrogens with zero attached hydrogens (tertiary/aromatic N) is 1. The average molecular weight is 477 g/mol. The van der Waals surface area contributed by atoms with Crippen LogP contribution in [-0.4, -0.2) is 25.8 Å². The second kappa shape index (κ2) is 9.05. The Hall–Kier alpha value is -1.57. The third-order valence-corrected chi connectivity index (χ3v) is 4.24. The zero-order valence-electron chi connectivity index (χ0n) is 12.6. The summed E-state index contributed by atoms with van der Waals surface area (Å²) in [4.78, 5) is 11.7. The van der Waals surface area contributed by atoms with Crippen molar-refractivity contribution in [3.8, 4) is 11.5 Å². The lowest BCUT2D eigenvalue weighted by molar-refractivity contribution is -0.123. The molecular formula is C16H13Br2ClN2O3. The molecular weight excluding hydrogens is 463 g/mol. The monoisotopic (exact) mass is 474 g/mol. The summed E-state index contributed by atoms with van der Waals surface area (Å²) < 4.78 is 12.1. The maximum absolute atomic E-state index is 11.7. The number of hydrazone groups is 1. The molecule has 0 bridgehead atoms. The summed E-state index contributed by atoms with van der Waals surface area (Å²) in [5.74, 6) is 0.877. The van der Waals surface area contributed by atoms with Crippen LogP contribution in [0.3, 0.4) is 0 Å². The molecule has 0 radical (unpaired) electrons. The molecule has 0 heterocycles. The minimum atomic E-state index is -0.368. The number of ether oxygens (including phenoxy) is 2. The van der Waals surface area contributed by atoms with E-state index < -0.39 is 0 Å². The van der Waals surface area contributed by atoms with E-state index in [9.17, 15) is 4.79 Å². The second-order valence-electron chi connectivity index (χ2n) is 4.55. The summed E-state index contributed by atoms with van der Waals surface area (Å²) in [6.07, 6.45) is 1.52. The molecule has 0 unspecified atom stereocenters. The fourth-order valence-corrected chi connectivity index (χ4v) is 3.41. The Labute approximate surface area is 161 Å². The van der Waals surface area contributed by atoms with Crippen LogP contribution < -0.4 is 14.9 Å². The molecule has 0 aliphatic rings. The van der Waals surface area contributed by atoms with Crippen LogP contribution in [0.25, 0.3) is 0 Å². The van der Waals surface area contributed by atoms with Gasteiger partial charge in [-0.05, 0) is 73.8 Å². The van der Waals surface area contributed by atoms with Crippen LogP contribution in [0.15, 0.2) is 50.4 Å². The lowest BCUT2D eigenvalue weighted by Crippen LogP contribution is -2.24. The predicted molar refractivity (Wildman–Crippen MR) is 101 cm³/mol. The Bertz CT molecular complexity index is 728. The van der Waals surface area contributed by atoms with Crippen LogP contribution in [-0.2, 0) is 4.79 Å². The molecule has 0 aromatic heterocycles. The highest BCUT2D eigenvalue weighted by Gasteiger charge is 2.07. The van der Waals surface area contributed by atoms with Crippen molar-refractivity contribution in [2.75, 3.05) is 13.7 Å². The number of methoxy groups -OCH3 is 1. The van der Waals surface area contributed by atoms with Gasteiger partial charge in [0.25, 0.3) is 5.91 Å². The van der Waals surface area contributed by atoms with E-state index in [1.807, 2.05) is 12.1 Å². The highest BCUT2D eigenvalue weighted by atomic mass is 79.9. The molecule has 5 nitrogen and oxygen atoms in total. The van der Waals surface area contributed by atoms with Gasteiger partial charge in [0.15, 0.2) is 6.61 Å². The lowest BCUT2D eigenvalue weighted by atomic mass is 10.2. The van der Waals surface area contributed by atoms with E-state index in [2.05, 4.69) is 42.4 Å². The molecule has 0 atom stereocenters. The number of hydrogen-bond acceptors (Lipinski definition) is 4. The van der Waals surface area contributed by atoms with Crippen LogP contribution >= 0.6 is 43.5 Å². The molecule has 0 fully saturated rings. The van der Waals surface area contributed by atoms with Crippen molar-refractivity contribution in [2.24, 2.45) is 5.10 Å². The second-order valence-corrected chi connectivity index (χ2v) is 6.70. The predicted octanol–water partition coefficient (Wildman–Crippen LogP) is 4.40. The zero-order valence-corrected chi connectivity index (χ0v) is 16.5. The van der Waals surface area contributed by atoms with E-state index in [1.54, 1.807) is 31.4 Å². The van der Waals surface area contributed by atoms with Crippen molar-refractivity contribution in [1.82, 2.24) is 5.43 Å². The number of halogens is 3. The first kappa shape index (κ1) is 18.8. The van der Waals surface area contributed by atoms with Gasteiger partial charge in [-0.15, -0.1) is 0 Å². The maximum atomic E-state index is 11.7. The van der Waals surface area contributed by atoms with Crippen LogP contribution in [0.2, 0.25) is 5.02 Å². The Morgan fingerprint density at radius 3 is 2.46 bits per heavy atom. The number of rotatable bonds is 6. The minimum absolute atomic E-state index is 0.144. The van der Waals surface area contributed by atoms with Crippen LogP contribution in [0.4, 0.5) is 0 Å². The van der Waals surface area contributed by atoms with E-state index in [1.165, 1.54) is 6.21 Å². The third kappa shape index (κ3) is 5.51. The van der Waals surface area contributed by atoms with Gasteiger partial charge in [-0.25, -0.2) is 5.43 Å². The quantitative estimate of drug-likeness (QED) is 0.497. The van der Waals surface area contributed by atoms with Gasteiger partial charge in [0.05, 0.1) is 22.3 Å². The van der Waals surface area contributed by atoms with Crippen LogP contribution in [0.1, 0.15) is 5.56 Å². The van der Waals surface area contributed by atoms with Gasteiger partial charge in [-0.2, -0.15) is 5.10 Å². The molecule has 0 aliphatic heterocycles. The molecule has 2 rings (SSSR count). The molecule has 0 spiro atoms. The van der Waals surface area contributed by atoms with Gasteiger partial charge < -0.3 is 9.47 Å². The Morgan fingerprint density at radius 1 is 1.25 bits per heavy atom. The largest absolute Gasteiger partial charge is 0.494 e. The van der Waals surface area contributed by atoms with Crippen molar-refractivity contribution in [1.29, 1.82) is 0 Å². The molecule has 1 N–H and O–H groups in total. The fraction of sp³-hybridized carbons (Fsp3) is 0.125. The Balaban J connectivity index is 1.87. The SMILES string of the molecule is COc1c(Br)cc(C=NNC(=O)COc2ccc(Cl)cc2)cc1Br. The first-order chi connectivity index (χ1) is 11.5. The van der Waals surface area contributed by atoms with E-state index in [0.29, 0.717) is 16.5 Å². The number of carbonyl (C=O) groups excluding carboxylic acids is 1. The highest BCUT2D eigenvalue weighted by molar-refractivity contribution is 9.11. The first-order valence-corrected chi connectivity index (χ1v) is 8.69. The molecule has 0 aliphatic carbocycles. The number of hydrogen-bond donors (Lipinski definition) is 1. The molecule has 0 saturated heterocycles. The summed E-state index contributed by atoms with van der Waals surface area (Å²) in [5.41, 5.74) is 3.18.